The topological polar surface area (TPSA) is 85.6 Å². The predicted molar refractivity (Wildman–Crippen MR) is 65.8 cm³/mol. The summed E-state index contributed by atoms with van der Waals surface area (Å²) in [6, 6.07) is 1.29. The van der Waals surface area contributed by atoms with E-state index in [9.17, 15) is 14.9 Å². The molecule has 18 heavy (non-hydrogen) atoms. The van der Waals surface area contributed by atoms with E-state index in [1.54, 1.807) is 4.90 Å². The second-order valence-corrected chi connectivity index (χ2v) is 3.45. The van der Waals surface area contributed by atoms with E-state index in [0.717, 1.165) is 0 Å². The second-order valence-electron chi connectivity index (χ2n) is 3.45. The first-order valence-electron chi connectivity index (χ1n) is 5.53. The summed E-state index contributed by atoms with van der Waals surface area (Å²) in [5.41, 5.74) is -0.396. The number of nitrogens with zero attached hydrogens (tertiary/aromatic N) is 3. The molecule has 0 aliphatic rings. The minimum Gasteiger partial charge on any atom is -0.465 e. The number of carbonyl (C=O) groups is 1. The minimum absolute atomic E-state index is 0.0839. The fourth-order valence-electron chi connectivity index (χ4n) is 1.65. The van der Waals surface area contributed by atoms with E-state index in [1.165, 1.54) is 19.4 Å². The molecule has 0 N–H and O–H groups in total. The average molecular weight is 253 g/mol. The highest BCUT2D eigenvalue weighted by atomic mass is 16.6. The predicted octanol–water partition coefficient (Wildman–Crippen LogP) is 1.62. The van der Waals surface area contributed by atoms with Crippen LogP contribution in [0.3, 0.4) is 0 Å². The third-order valence-electron chi connectivity index (χ3n) is 2.56. The monoisotopic (exact) mass is 253 g/mol. The van der Waals surface area contributed by atoms with Crippen LogP contribution >= 0.6 is 0 Å². The van der Waals surface area contributed by atoms with E-state index in [-0.39, 0.29) is 17.1 Å². The molecule has 0 atom stereocenters. The number of nitro groups is 1. The molecule has 0 spiro atoms. The van der Waals surface area contributed by atoms with Crippen molar-refractivity contribution in [2.45, 2.75) is 13.8 Å². The van der Waals surface area contributed by atoms with Crippen LogP contribution in [-0.2, 0) is 4.74 Å². The molecule has 0 aromatic carbocycles. The summed E-state index contributed by atoms with van der Waals surface area (Å²) in [4.78, 5) is 27.8. The first-order valence-corrected chi connectivity index (χ1v) is 5.53. The Labute approximate surface area is 105 Å². The van der Waals surface area contributed by atoms with Gasteiger partial charge in [-0.05, 0) is 19.9 Å². The number of pyridine rings is 1. The van der Waals surface area contributed by atoms with E-state index in [4.69, 9.17) is 0 Å². The molecule has 1 rings (SSSR count). The van der Waals surface area contributed by atoms with Crippen LogP contribution in [0.5, 0.6) is 0 Å². The Balaban J connectivity index is 3.43. The van der Waals surface area contributed by atoms with Gasteiger partial charge in [-0.1, -0.05) is 0 Å². The summed E-state index contributed by atoms with van der Waals surface area (Å²) in [6.45, 7) is 4.85. The van der Waals surface area contributed by atoms with Gasteiger partial charge in [-0.15, -0.1) is 0 Å². The number of esters is 1. The standard InChI is InChI=1S/C11H15N3O4/c1-4-13(5-2)10-9(14(16)17)8(6-7-12-10)11(15)18-3/h6-7H,4-5H2,1-3H3. The van der Waals surface area contributed by atoms with Crippen molar-refractivity contribution in [3.63, 3.8) is 0 Å². The largest absolute Gasteiger partial charge is 0.465 e. The van der Waals surface area contributed by atoms with Gasteiger partial charge in [0.05, 0.1) is 12.0 Å². The number of hydrogen-bond acceptors (Lipinski definition) is 6. The molecule has 1 aromatic rings. The highest BCUT2D eigenvalue weighted by Crippen LogP contribution is 2.29. The Morgan fingerprint density at radius 2 is 2.11 bits per heavy atom. The lowest BCUT2D eigenvalue weighted by atomic mass is 10.2. The van der Waals surface area contributed by atoms with Crippen molar-refractivity contribution >= 4 is 17.5 Å². The summed E-state index contributed by atoms with van der Waals surface area (Å²) >= 11 is 0. The Hall–Kier alpha value is -2.18. The number of carbonyl (C=O) groups excluding carboxylic acids is 1. The summed E-state index contributed by atoms with van der Waals surface area (Å²) in [5, 5.41) is 11.1. The molecule has 0 fully saturated rings. The molecule has 0 radical (unpaired) electrons. The van der Waals surface area contributed by atoms with Gasteiger partial charge in [0.1, 0.15) is 5.56 Å². The average Bonchev–Trinajstić information content (AvgIpc) is 2.38. The summed E-state index contributed by atoms with van der Waals surface area (Å²) in [7, 11) is 1.18. The molecule has 0 saturated carbocycles. The van der Waals surface area contributed by atoms with Gasteiger partial charge in [-0.2, -0.15) is 0 Å². The van der Waals surface area contributed by atoms with Crippen molar-refractivity contribution in [3.05, 3.63) is 27.9 Å². The number of rotatable bonds is 5. The lowest BCUT2D eigenvalue weighted by Crippen LogP contribution is -2.25. The van der Waals surface area contributed by atoms with E-state index in [1.807, 2.05) is 13.8 Å². The van der Waals surface area contributed by atoms with Gasteiger partial charge < -0.3 is 9.64 Å². The van der Waals surface area contributed by atoms with Gasteiger partial charge in [0, 0.05) is 19.3 Å². The maximum atomic E-state index is 11.5. The van der Waals surface area contributed by atoms with Crippen molar-refractivity contribution in [2.75, 3.05) is 25.1 Å². The highest BCUT2D eigenvalue weighted by Gasteiger charge is 2.28. The fraction of sp³-hybridized carbons (Fsp3) is 0.455. The molecule has 0 aliphatic carbocycles. The van der Waals surface area contributed by atoms with Gasteiger partial charge in [-0.3, -0.25) is 10.1 Å². The Bertz CT molecular complexity index is 458. The first-order chi connectivity index (χ1) is 8.56. The molecule has 1 heterocycles. The molecular weight excluding hydrogens is 238 g/mol. The molecule has 7 nitrogen and oxygen atoms in total. The molecule has 7 heteroatoms. The molecule has 0 saturated heterocycles. The lowest BCUT2D eigenvalue weighted by Gasteiger charge is -2.19. The van der Waals surface area contributed by atoms with Gasteiger partial charge in [0.15, 0.2) is 0 Å². The van der Waals surface area contributed by atoms with Crippen molar-refractivity contribution in [2.24, 2.45) is 0 Å². The molecule has 0 aliphatic heterocycles. The number of hydrogen-bond donors (Lipinski definition) is 0. The van der Waals surface area contributed by atoms with Crippen LogP contribution in [0.4, 0.5) is 11.5 Å². The molecule has 0 amide bonds. The van der Waals surface area contributed by atoms with E-state index in [0.29, 0.717) is 13.1 Å². The van der Waals surface area contributed by atoms with Gasteiger partial charge in [0.25, 0.3) is 0 Å². The summed E-state index contributed by atoms with van der Waals surface area (Å²) in [5.74, 6) is -0.551. The van der Waals surface area contributed by atoms with Crippen LogP contribution in [0, 0.1) is 10.1 Å². The van der Waals surface area contributed by atoms with Gasteiger partial charge >= 0.3 is 11.7 Å². The summed E-state index contributed by atoms with van der Waals surface area (Å²) < 4.78 is 4.54. The Morgan fingerprint density at radius 3 is 2.56 bits per heavy atom. The molecular formula is C11H15N3O4. The number of ether oxygens (including phenoxy) is 1. The number of aromatic nitrogens is 1. The Kier molecular flexibility index (Phi) is 4.59. The minimum atomic E-state index is -0.738. The SMILES string of the molecule is CCN(CC)c1nccc(C(=O)OC)c1[N+](=O)[O-]. The molecule has 1 aromatic heterocycles. The number of anilines is 1. The molecule has 0 bridgehead atoms. The van der Waals surface area contributed by atoms with Gasteiger partial charge in [0.2, 0.25) is 5.82 Å². The maximum Gasteiger partial charge on any atom is 0.345 e. The molecule has 98 valence electrons. The number of methoxy groups -OCH3 is 1. The second kappa shape index (κ2) is 5.95. The van der Waals surface area contributed by atoms with E-state index >= 15 is 0 Å². The van der Waals surface area contributed by atoms with Crippen molar-refractivity contribution in [1.82, 2.24) is 4.98 Å². The first kappa shape index (κ1) is 13.9. The van der Waals surface area contributed by atoms with Gasteiger partial charge in [-0.25, -0.2) is 9.78 Å². The van der Waals surface area contributed by atoms with Crippen LogP contribution in [0.1, 0.15) is 24.2 Å². The lowest BCUT2D eigenvalue weighted by molar-refractivity contribution is -0.384. The van der Waals surface area contributed by atoms with E-state index in [2.05, 4.69) is 9.72 Å². The fourth-order valence-corrected chi connectivity index (χ4v) is 1.65. The smallest absolute Gasteiger partial charge is 0.345 e. The van der Waals surface area contributed by atoms with Crippen LogP contribution in [0.25, 0.3) is 0 Å². The zero-order chi connectivity index (χ0) is 13.7. The Morgan fingerprint density at radius 1 is 1.50 bits per heavy atom. The zero-order valence-electron chi connectivity index (χ0n) is 10.5. The maximum absolute atomic E-state index is 11.5. The van der Waals surface area contributed by atoms with Crippen LogP contribution in [0.15, 0.2) is 12.3 Å². The molecule has 0 unspecified atom stereocenters. The normalized spacial score (nSPS) is 9.94. The highest BCUT2D eigenvalue weighted by molar-refractivity contribution is 5.96. The van der Waals surface area contributed by atoms with Crippen molar-refractivity contribution in [3.8, 4) is 0 Å². The van der Waals surface area contributed by atoms with Crippen LogP contribution < -0.4 is 4.90 Å². The third-order valence-corrected chi connectivity index (χ3v) is 2.56. The van der Waals surface area contributed by atoms with Crippen LogP contribution in [-0.4, -0.2) is 36.1 Å². The third kappa shape index (κ3) is 2.55. The van der Waals surface area contributed by atoms with E-state index < -0.39 is 10.9 Å². The van der Waals surface area contributed by atoms with Crippen molar-refractivity contribution in [1.29, 1.82) is 0 Å². The van der Waals surface area contributed by atoms with Crippen LogP contribution in [0.2, 0.25) is 0 Å². The summed E-state index contributed by atoms with van der Waals surface area (Å²) in [6.07, 6.45) is 1.37. The van der Waals surface area contributed by atoms with Crippen molar-refractivity contribution < 1.29 is 14.5 Å². The zero-order valence-corrected chi connectivity index (χ0v) is 10.5. The quantitative estimate of drug-likeness (QED) is 0.450.